The van der Waals surface area contributed by atoms with Crippen LogP contribution >= 0.6 is 0 Å². The Labute approximate surface area is 97.6 Å². The summed E-state index contributed by atoms with van der Waals surface area (Å²) in [6, 6.07) is 5.29. The second-order valence-corrected chi connectivity index (χ2v) is 3.97. The lowest BCUT2D eigenvalue weighted by atomic mass is 9.97. The van der Waals surface area contributed by atoms with Crippen LogP contribution in [0, 0.1) is 5.92 Å². The van der Waals surface area contributed by atoms with Gasteiger partial charge in [-0.1, -0.05) is 12.1 Å². The van der Waals surface area contributed by atoms with E-state index in [2.05, 4.69) is 0 Å². The number of benzene rings is 1. The van der Waals surface area contributed by atoms with Crippen LogP contribution in [0.25, 0.3) is 0 Å². The fourth-order valence-corrected chi connectivity index (χ4v) is 1.88. The van der Waals surface area contributed by atoms with E-state index in [0.717, 1.165) is 17.7 Å². The molecule has 17 heavy (non-hydrogen) atoms. The maximum Gasteiger partial charge on any atom is 0.318 e. The van der Waals surface area contributed by atoms with E-state index in [1.54, 1.807) is 12.1 Å². The first kappa shape index (κ1) is 11.4. The highest BCUT2D eigenvalue weighted by Gasteiger charge is 2.26. The average molecular weight is 236 g/mol. The Kier molecular flexibility index (Phi) is 2.99. The van der Waals surface area contributed by atoms with E-state index in [-0.39, 0.29) is 6.42 Å². The first-order valence-corrected chi connectivity index (χ1v) is 5.28. The minimum Gasteiger partial charge on any atom is -0.493 e. The molecule has 0 bridgehead atoms. The van der Waals surface area contributed by atoms with E-state index >= 15 is 0 Å². The van der Waals surface area contributed by atoms with Crippen molar-refractivity contribution in [3.8, 4) is 5.75 Å². The molecule has 0 unspecified atom stereocenters. The highest BCUT2D eigenvalue weighted by molar-refractivity contribution is 5.93. The van der Waals surface area contributed by atoms with Gasteiger partial charge in [0.05, 0.1) is 6.61 Å². The molecule has 0 radical (unpaired) electrons. The maximum absolute atomic E-state index is 10.8. The van der Waals surface area contributed by atoms with Gasteiger partial charge in [-0.3, -0.25) is 9.59 Å². The van der Waals surface area contributed by atoms with Gasteiger partial charge in [0.25, 0.3) is 0 Å². The molecular formula is C12H12O5. The molecule has 5 nitrogen and oxygen atoms in total. The molecule has 0 aromatic heterocycles. The Balaban J connectivity index is 2.18. The van der Waals surface area contributed by atoms with Crippen molar-refractivity contribution in [3.05, 3.63) is 29.3 Å². The van der Waals surface area contributed by atoms with Crippen LogP contribution in [-0.2, 0) is 22.4 Å². The molecule has 1 aliphatic rings. The summed E-state index contributed by atoms with van der Waals surface area (Å²) >= 11 is 0. The molecule has 5 heteroatoms. The normalized spacial score (nSPS) is 13.2. The molecule has 0 spiro atoms. The molecule has 0 atom stereocenters. The van der Waals surface area contributed by atoms with Crippen molar-refractivity contribution >= 4 is 11.9 Å². The number of hydrogen-bond acceptors (Lipinski definition) is 3. The number of ether oxygens (including phenoxy) is 1. The number of fused-ring (bicyclic) bond motifs is 1. The monoisotopic (exact) mass is 236 g/mol. The summed E-state index contributed by atoms with van der Waals surface area (Å²) in [6.45, 7) is 0.625. The lowest BCUT2D eigenvalue weighted by molar-refractivity contribution is -0.154. The number of hydrogen-bond donors (Lipinski definition) is 2. The van der Waals surface area contributed by atoms with Gasteiger partial charge in [0.15, 0.2) is 5.92 Å². The third-order valence-corrected chi connectivity index (χ3v) is 2.79. The van der Waals surface area contributed by atoms with Gasteiger partial charge < -0.3 is 14.9 Å². The Hall–Kier alpha value is -2.04. The number of aliphatic carboxylic acids is 2. The Bertz CT molecular complexity index is 452. The van der Waals surface area contributed by atoms with E-state index in [0.29, 0.717) is 12.2 Å². The van der Waals surface area contributed by atoms with Crippen LogP contribution in [-0.4, -0.2) is 28.8 Å². The second kappa shape index (κ2) is 4.45. The lowest BCUT2D eigenvalue weighted by Gasteiger charge is -2.08. The van der Waals surface area contributed by atoms with Crippen LogP contribution in [0.5, 0.6) is 5.75 Å². The van der Waals surface area contributed by atoms with Crippen LogP contribution in [0.3, 0.4) is 0 Å². The van der Waals surface area contributed by atoms with Gasteiger partial charge in [-0.05, 0) is 23.6 Å². The number of carboxylic acid groups (broad SMARTS) is 2. The number of carbonyl (C=O) groups is 2. The van der Waals surface area contributed by atoms with Gasteiger partial charge in [0.1, 0.15) is 5.75 Å². The molecule has 1 heterocycles. The smallest absolute Gasteiger partial charge is 0.318 e. The fraction of sp³-hybridized carbons (Fsp3) is 0.333. The van der Waals surface area contributed by atoms with Gasteiger partial charge in [-0.15, -0.1) is 0 Å². The molecule has 0 fully saturated rings. The third-order valence-electron chi connectivity index (χ3n) is 2.79. The molecule has 1 aromatic carbocycles. The van der Waals surface area contributed by atoms with Crippen molar-refractivity contribution in [3.63, 3.8) is 0 Å². The molecule has 2 rings (SSSR count). The van der Waals surface area contributed by atoms with Crippen molar-refractivity contribution in [1.29, 1.82) is 0 Å². The van der Waals surface area contributed by atoms with Crippen LogP contribution in [0.4, 0.5) is 0 Å². The van der Waals surface area contributed by atoms with Crippen molar-refractivity contribution in [1.82, 2.24) is 0 Å². The summed E-state index contributed by atoms with van der Waals surface area (Å²) < 4.78 is 5.32. The van der Waals surface area contributed by atoms with E-state index in [1.165, 1.54) is 0 Å². The Morgan fingerprint density at radius 3 is 2.65 bits per heavy atom. The van der Waals surface area contributed by atoms with Gasteiger partial charge >= 0.3 is 11.9 Å². The van der Waals surface area contributed by atoms with Crippen molar-refractivity contribution in [2.45, 2.75) is 12.8 Å². The number of rotatable bonds is 4. The molecule has 90 valence electrons. The largest absolute Gasteiger partial charge is 0.493 e. The van der Waals surface area contributed by atoms with Gasteiger partial charge in [0, 0.05) is 6.42 Å². The molecule has 0 saturated carbocycles. The number of carboxylic acids is 2. The van der Waals surface area contributed by atoms with Crippen LogP contribution in [0.2, 0.25) is 0 Å². The highest BCUT2D eigenvalue weighted by atomic mass is 16.5. The maximum atomic E-state index is 10.8. The summed E-state index contributed by atoms with van der Waals surface area (Å²) in [6.07, 6.45) is 0.784. The molecule has 1 aliphatic heterocycles. The fourth-order valence-electron chi connectivity index (χ4n) is 1.88. The Morgan fingerprint density at radius 1 is 1.29 bits per heavy atom. The second-order valence-electron chi connectivity index (χ2n) is 3.97. The first-order valence-electron chi connectivity index (χ1n) is 5.28. The van der Waals surface area contributed by atoms with E-state index < -0.39 is 17.9 Å². The topological polar surface area (TPSA) is 83.8 Å². The van der Waals surface area contributed by atoms with Gasteiger partial charge in [0.2, 0.25) is 0 Å². The van der Waals surface area contributed by atoms with E-state index in [9.17, 15) is 9.59 Å². The van der Waals surface area contributed by atoms with E-state index in [1.807, 2.05) is 6.07 Å². The minimum atomic E-state index is -1.39. The summed E-state index contributed by atoms with van der Waals surface area (Å²) in [4.78, 5) is 21.5. The van der Waals surface area contributed by atoms with Crippen molar-refractivity contribution < 1.29 is 24.5 Å². The summed E-state index contributed by atoms with van der Waals surface area (Å²) in [7, 11) is 0. The molecule has 0 aliphatic carbocycles. The van der Waals surface area contributed by atoms with Crippen molar-refractivity contribution in [2.75, 3.05) is 6.61 Å². The summed E-state index contributed by atoms with van der Waals surface area (Å²) in [5, 5.41) is 17.6. The molecular weight excluding hydrogens is 224 g/mol. The van der Waals surface area contributed by atoms with Crippen molar-refractivity contribution in [2.24, 2.45) is 5.92 Å². The Morgan fingerprint density at radius 2 is 2.00 bits per heavy atom. The standard InChI is InChI=1S/C12H12O5/c13-11(14)9(12(15)16)6-7-1-2-10-8(5-7)3-4-17-10/h1-2,5,9H,3-4,6H2,(H,13,14)(H,15,16). The predicted molar refractivity (Wildman–Crippen MR) is 58.1 cm³/mol. The summed E-state index contributed by atoms with van der Waals surface area (Å²) in [5.41, 5.74) is 1.72. The zero-order valence-electron chi connectivity index (χ0n) is 9.05. The molecule has 0 amide bonds. The zero-order chi connectivity index (χ0) is 12.4. The van der Waals surface area contributed by atoms with Crippen LogP contribution < -0.4 is 4.74 Å². The third kappa shape index (κ3) is 2.38. The SMILES string of the molecule is O=C(O)C(Cc1ccc2c(c1)CCO2)C(=O)O. The lowest BCUT2D eigenvalue weighted by Crippen LogP contribution is -2.25. The molecule has 0 saturated heterocycles. The minimum absolute atomic E-state index is 0.00204. The highest BCUT2D eigenvalue weighted by Crippen LogP contribution is 2.26. The summed E-state index contributed by atoms with van der Waals surface area (Å²) in [5.74, 6) is -3.21. The molecule has 1 aromatic rings. The average Bonchev–Trinajstić information content (AvgIpc) is 2.71. The first-order chi connectivity index (χ1) is 8.08. The van der Waals surface area contributed by atoms with Gasteiger partial charge in [-0.25, -0.2) is 0 Å². The van der Waals surface area contributed by atoms with E-state index in [4.69, 9.17) is 14.9 Å². The van der Waals surface area contributed by atoms with Crippen LogP contribution in [0.15, 0.2) is 18.2 Å². The van der Waals surface area contributed by atoms with Gasteiger partial charge in [-0.2, -0.15) is 0 Å². The predicted octanol–water partition coefficient (Wildman–Crippen LogP) is 0.949. The van der Waals surface area contributed by atoms with Crippen LogP contribution in [0.1, 0.15) is 11.1 Å². The zero-order valence-corrected chi connectivity index (χ0v) is 9.05. The molecule has 2 N–H and O–H groups in total. The quantitative estimate of drug-likeness (QED) is 0.760.